The van der Waals surface area contributed by atoms with Crippen LogP contribution >= 0.6 is 0 Å². The molecule has 6 aromatic carbocycles. The highest BCUT2D eigenvalue weighted by molar-refractivity contribution is 5.73. The van der Waals surface area contributed by atoms with Gasteiger partial charge in [-0.25, -0.2) is 0 Å². The van der Waals surface area contributed by atoms with Crippen molar-refractivity contribution in [2.45, 2.75) is 52.7 Å². The van der Waals surface area contributed by atoms with E-state index in [0.717, 1.165) is 67.1 Å². The van der Waals surface area contributed by atoms with E-state index in [9.17, 15) is 9.59 Å². The molecule has 0 atom stereocenters. The zero-order chi connectivity index (χ0) is 39.5. The number of para-hydroxylation sites is 2. The molecule has 0 aliphatic rings. The molecule has 2 N–H and O–H groups in total. The lowest BCUT2D eigenvalue weighted by molar-refractivity contribution is -0.137. The van der Waals surface area contributed by atoms with E-state index in [0.29, 0.717) is 26.1 Å². The molecule has 284 valence electrons. The maximum absolute atomic E-state index is 11.1. The van der Waals surface area contributed by atoms with Crippen LogP contribution in [0, 0.1) is 13.8 Å². The highest BCUT2D eigenvalue weighted by Gasteiger charge is 2.09. The number of benzene rings is 6. The molecule has 6 heteroatoms. The van der Waals surface area contributed by atoms with Crippen molar-refractivity contribution in [3.8, 4) is 11.5 Å². The summed E-state index contributed by atoms with van der Waals surface area (Å²) in [6, 6.07) is 47.7. The molecule has 0 unspecified atom stereocenters. The van der Waals surface area contributed by atoms with Crippen LogP contribution in [-0.2, 0) is 48.5 Å². The molecule has 6 nitrogen and oxygen atoms in total. The Morgan fingerprint density at radius 1 is 0.464 bits per heavy atom. The first-order chi connectivity index (χ1) is 27.3. The van der Waals surface area contributed by atoms with E-state index in [1.165, 1.54) is 0 Å². The van der Waals surface area contributed by atoms with Gasteiger partial charge in [0, 0.05) is 5.56 Å². The zero-order valence-electron chi connectivity index (χ0n) is 31.9. The standard InChI is InChI=1S/2C25H24O3/c2*1-19-9-7-15-22(25(19)28-18-20-10-3-2-4-11-20)16-8-14-21-12-5-6-13-23(21)17-24(26)27/h2-13,15-16H,14,17-18H2,1H3,(H,26,27);2-15H,16-18H2,1H3,(H,26,27)/b16-8+;14-8+. The average Bonchev–Trinajstić information content (AvgIpc) is 3.19. The summed E-state index contributed by atoms with van der Waals surface area (Å²) in [5, 5.41) is 18.2. The van der Waals surface area contributed by atoms with Crippen LogP contribution in [0.25, 0.3) is 12.2 Å². The lowest BCUT2D eigenvalue weighted by atomic mass is 10.0. The average molecular weight is 745 g/mol. The number of ether oxygens (including phenoxy) is 2. The van der Waals surface area contributed by atoms with Crippen LogP contribution in [0.3, 0.4) is 0 Å². The van der Waals surface area contributed by atoms with Gasteiger partial charge in [-0.05, 0) is 76.8 Å². The van der Waals surface area contributed by atoms with Gasteiger partial charge in [0.1, 0.15) is 24.7 Å². The number of carbonyl (C=O) groups is 2. The van der Waals surface area contributed by atoms with E-state index in [2.05, 4.69) is 43.3 Å². The lowest BCUT2D eigenvalue weighted by Gasteiger charge is -2.13. The van der Waals surface area contributed by atoms with Crippen molar-refractivity contribution in [3.05, 3.63) is 213 Å². The molecule has 0 amide bonds. The zero-order valence-corrected chi connectivity index (χ0v) is 31.9. The third-order valence-corrected chi connectivity index (χ3v) is 9.11. The van der Waals surface area contributed by atoms with Crippen molar-refractivity contribution >= 4 is 24.1 Å². The van der Waals surface area contributed by atoms with E-state index in [1.807, 2.05) is 140 Å². The summed E-state index contributed by atoms with van der Waals surface area (Å²) in [5.74, 6) is 0.152. The van der Waals surface area contributed by atoms with Crippen molar-refractivity contribution in [1.29, 1.82) is 0 Å². The molecule has 56 heavy (non-hydrogen) atoms. The van der Waals surface area contributed by atoms with E-state index in [4.69, 9.17) is 19.7 Å². The number of rotatable bonds is 16. The Morgan fingerprint density at radius 3 is 1.52 bits per heavy atom. The molecule has 0 heterocycles. The van der Waals surface area contributed by atoms with Crippen molar-refractivity contribution in [2.75, 3.05) is 0 Å². The van der Waals surface area contributed by atoms with Crippen LogP contribution in [0.2, 0.25) is 0 Å². The Morgan fingerprint density at radius 2 is 0.893 bits per heavy atom. The number of allylic oxidation sites excluding steroid dienone is 2. The minimum absolute atomic E-state index is 0.0242. The van der Waals surface area contributed by atoms with E-state index in [1.54, 1.807) is 0 Å². The smallest absolute Gasteiger partial charge is 0.307 e. The Balaban J connectivity index is 0.000000214. The predicted octanol–water partition coefficient (Wildman–Crippen LogP) is 10.9. The van der Waals surface area contributed by atoms with Crippen molar-refractivity contribution < 1.29 is 29.3 Å². The minimum atomic E-state index is -0.823. The van der Waals surface area contributed by atoms with Crippen LogP contribution in [-0.4, -0.2) is 22.2 Å². The molecule has 6 aromatic rings. The molecular weight excluding hydrogens is 697 g/mol. The number of hydrogen-bond acceptors (Lipinski definition) is 4. The summed E-state index contributed by atoms with van der Waals surface area (Å²) in [7, 11) is 0. The van der Waals surface area contributed by atoms with Gasteiger partial charge in [-0.15, -0.1) is 0 Å². The van der Waals surface area contributed by atoms with E-state index >= 15 is 0 Å². The summed E-state index contributed by atoms with van der Waals surface area (Å²) in [6.45, 7) is 5.15. The van der Waals surface area contributed by atoms with Crippen LogP contribution in [0.15, 0.2) is 158 Å². The topological polar surface area (TPSA) is 93.1 Å². The molecule has 0 bridgehead atoms. The molecule has 0 aromatic heterocycles. The van der Waals surface area contributed by atoms with Gasteiger partial charge in [-0.2, -0.15) is 0 Å². The summed E-state index contributed by atoms with van der Waals surface area (Å²) in [5.41, 5.74) is 10.2. The molecule has 0 saturated carbocycles. The van der Waals surface area contributed by atoms with Crippen molar-refractivity contribution in [3.63, 3.8) is 0 Å². The second kappa shape index (κ2) is 21.3. The Kier molecular flexibility index (Phi) is 15.4. The highest BCUT2D eigenvalue weighted by atomic mass is 16.5. The van der Waals surface area contributed by atoms with Gasteiger partial charge in [0.15, 0.2) is 0 Å². The molecule has 0 fully saturated rings. The second-order valence-corrected chi connectivity index (χ2v) is 13.4. The maximum atomic E-state index is 11.1. The lowest BCUT2D eigenvalue weighted by Crippen LogP contribution is -2.03. The third-order valence-electron chi connectivity index (χ3n) is 9.11. The number of aliphatic carboxylic acids is 2. The quantitative estimate of drug-likeness (QED) is 0.102. The number of carboxylic acids is 2. The fourth-order valence-corrected chi connectivity index (χ4v) is 6.28. The van der Waals surface area contributed by atoms with Gasteiger partial charge in [-0.3, -0.25) is 9.59 Å². The van der Waals surface area contributed by atoms with Gasteiger partial charge < -0.3 is 19.7 Å². The largest absolute Gasteiger partial charge is 0.488 e. The SMILES string of the molecule is Cc1cccc(/C=C/Cc2ccccc2CC(=O)O)c1OCc1ccccc1.Cc1cccc(C/C=C/c2ccccc2CC(=O)O)c1OCc1ccccc1. The van der Waals surface area contributed by atoms with Crippen LogP contribution < -0.4 is 9.47 Å². The van der Waals surface area contributed by atoms with Gasteiger partial charge in [0.05, 0.1) is 12.8 Å². The highest BCUT2D eigenvalue weighted by Crippen LogP contribution is 2.27. The molecule has 0 radical (unpaired) electrons. The molecule has 0 aliphatic carbocycles. The Bertz CT molecular complexity index is 2240. The Hall–Kier alpha value is -6.66. The summed E-state index contributed by atoms with van der Waals surface area (Å²) in [4.78, 5) is 22.1. The third kappa shape index (κ3) is 12.7. The van der Waals surface area contributed by atoms with E-state index < -0.39 is 11.9 Å². The number of aryl methyl sites for hydroxylation is 2. The van der Waals surface area contributed by atoms with Crippen LogP contribution in [0.5, 0.6) is 11.5 Å². The van der Waals surface area contributed by atoms with Crippen LogP contribution in [0.1, 0.15) is 55.6 Å². The van der Waals surface area contributed by atoms with Crippen molar-refractivity contribution in [1.82, 2.24) is 0 Å². The molecule has 0 aliphatic heterocycles. The normalized spacial score (nSPS) is 10.9. The second-order valence-electron chi connectivity index (χ2n) is 13.4. The van der Waals surface area contributed by atoms with Gasteiger partial charge in [-0.1, -0.05) is 170 Å². The predicted molar refractivity (Wildman–Crippen MR) is 225 cm³/mol. The minimum Gasteiger partial charge on any atom is -0.488 e. The number of carboxylic acid groups (broad SMARTS) is 2. The first-order valence-electron chi connectivity index (χ1n) is 18.7. The Labute approximate surface area is 330 Å². The van der Waals surface area contributed by atoms with Gasteiger partial charge >= 0.3 is 11.9 Å². The van der Waals surface area contributed by atoms with Crippen molar-refractivity contribution in [2.24, 2.45) is 0 Å². The fourth-order valence-electron chi connectivity index (χ4n) is 6.28. The monoisotopic (exact) mass is 744 g/mol. The summed E-state index contributed by atoms with van der Waals surface area (Å²) >= 11 is 0. The van der Waals surface area contributed by atoms with Crippen LogP contribution in [0.4, 0.5) is 0 Å². The first-order valence-corrected chi connectivity index (χ1v) is 18.7. The number of hydrogen-bond donors (Lipinski definition) is 2. The molecule has 6 rings (SSSR count). The first kappa shape index (κ1) is 40.5. The molecule has 0 spiro atoms. The van der Waals surface area contributed by atoms with Gasteiger partial charge in [0.25, 0.3) is 0 Å². The molecular formula is C50H48O6. The molecule has 0 saturated heterocycles. The summed E-state index contributed by atoms with van der Waals surface area (Å²) in [6.07, 6.45) is 9.61. The van der Waals surface area contributed by atoms with E-state index in [-0.39, 0.29) is 12.8 Å². The fraction of sp³-hybridized carbons (Fsp3) is 0.160. The maximum Gasteiger partial charge on any atom is 0.307 e. The van der Waals surface area contributed by atoms with Gasteiger partial charge in [0.2, 0.25) is 0 Å². The summed E-state index contributed by atoms with van der Waals surface area (Å²) < 4.78 is 12.2.